The van der Waals surface area contributed by atoms with Crippen molar-refractivity contribution in [3.8, 4) is 5.75 Å². The van der Waals surface area contributed by atoms with E-state index in [1.54, 1.807) is 30.2 Å². The second-order valence-corrected chi connectivity index (χ2v) is 5.54. The van der Waals surface area contributed by atoms with Gasteiger partial charge >= 0.3 is 6.03 Å². The van der Waals surface area contributed by atoms with Crippen molar-refractivity contribution in [3.05, 3.63) is 59.9 Å². The zero-order valence-corrected chi connectivity index (χ0v) is 13.0. The van der Waals surface area contributed by atoms with Crippen LogP contribution in [0.2, 0.25) is 0 Å². The third kappa shape index (κ3) is 3.28. The molecule has 3 rings (SSSR count). The van der Waals surface area contributed by atoms with Gasteiger partial charge in [0.2, 0.25) is 0 Å². The number of benzene rings is 2. The van der Waals surface area contributed by atoms with Gasteiger partial charge in [0, 0.05) is 6.54 Å². The van der Waals surface area contributed by atoms with Gasteiger partial charge in [-0.2, -0.15) is 0 Å². The van der Waals surface area contributed by atoms with Crippen molar-refractivity contribution in [2.24, 2.45) is 0 Å². The Morgan fingerprint density at radius 3 is 2.87 bits per heavy atom. The van der Waals surface area contributed by atoms with Crippen LogP contribution in [-0.4, -0.2) is 24.6 Å². The molecule has 120 valence electrons. The number of ether oxygens (including phenoxy) is 1. The van der Waals surface area contributed by atoms with E-state index in [1.807, 2.05) is 18.2 Å². The van der Waals surface area contributed by atoms with E-state index in [-0.39, 0.29) is 17.9 Å². The third-order valence-corrected chi connectivity index (χ3v) is 4.10. The molecule has 1 N–H and O–H groups in total. The quantitative estimate of drug-likeness (QED) is 0.922. The average Bonchev–Trinajstić information content (AvgIpc) is 3.05. The molecule has 1 atom stereocenters. The second-order valence-electron chi connectivity index (χ2n) is 5.54. The van der Waals surface area contributed by atoms with Gasteiger partial charge in [0.15, 0.2) is 0 Å². The summed E-state index contributed by atoms with van der Waals surface area (Å²) in [6.45, 7) is 0.655. The molecule has 2 aromatic carbocycles. The summed E-state index contributed by atoms with van der Waals surface area (Å²) >= 11 is 0. The van der Waals surface area contributed by atoms with Gasteiger partial charge in [0.05, 0.1) is 18.8 Å². The van der Waals surface area contributed by atoms with Gasteiger partial charge in [-0.3, -0.25) is 0 Å². The Hall–Kier alpha value is -2.56. The fraction of sp³-hybridized carbons (Fsp3) is 0.278. The van der Waals surface area contributed by atoms with E-state index in [2.05, 4.69) is 5.32 Å². The molecule has 0 bridgehead atoms. The summed E-state index contributed by atoms with van der Waals surface area (Å²) in [6.07, 6.45) is 1.74. The maximum Gasteiger partial charge on any atom is 0.322 e. The van der Waals surface area contributed by atoms with E-state index in [1.165, 1.54) is 12.1 Å². The van der Waals surface area contributed by atoms with Crippen molar-refractivity contribution in [1.29, 1.82) is 0 Å². The lowest BCUT2D eigenvalue weighted by molar-refractivity contribution is 0.207. The Labute approximate surface area is 134 Å². The van der Waals surface area contributed by atoms with Crippen molar-refractivity contribution in [2.45, 2.75) is 18.9 Å². The van der Waals surface area contributed by atoms with E-state index in [4.69, 9.17) is 4.74 Å². The van der Waals surface area contributed by atoms with Crippen LogP contribution in [0.5, 0.6) is 5.75 Å². The summed E-state index contributed by atoms with van der Waals surface area (Å²) in [5, 5.41) is 2.89. The highest BCUT2D eigenvalue weighted by atomic mass is 19.1. The van der Waals surface area contributed by atoms with E-state index in [9.17, 15) is 9.18 Å². The number of carbonyl (C=O) groups excluding carboxylic acids is 1. The van der Waals surface area contributed by atoms with Crippen molar-refractivity contribution in [1.82, 2.24) is 4.90 Å². The van der Waals surface area contributed by atoms with Crippen LogP contribution in [0.15, 0.2) is 48.5 Å². The molecule has 23 heavy (non-hydrogen) atoms. The highest BCUT2D eigenvalue weighted by Crippen LogP contribution is 2.33. The number of hydrogen-bond acceptors (Lipinski definition) is 2. The Bertz CT molecular complexity index is 705. The van der Waals surface area contributed by atoms with Gasteiger partial charge in [0.25, 0.3) is 0 Å². The van der Waals surface area contributed by atoms with Crippen LogP contribution < -0.4 is 10.1 Å². The summed E-state index contributed by atoms with van der Waals surface area (Å²) in [6, 6.07) is 13.4. The van der Waals surface area contributed by atoms with Crippen LogP contribution in [0.3, 0.4) is 0 Å². The molecular weight excluding hydrogens is 295 g/mol. The molecule has 0 aliphatic carbocycles. The number of hydrogen-bond donors (Lipinski definition) is 1. The van der Waals surface area contributed by atoms with E-state index < -0.39 is 0 Å². The van der Waals surface area contributed by atoms with Crippen molar-refractivity contribution >= 4 is 11.7 Å². The Balaban J connectivity index is 1.78. The predicted molar refractivity (Wildman–Crippen MR) is 87.1 cm³/mol. The SMILES string of the molecule is COc1ccccc1NC(=O)N1CCCC1c1cccc(F)c1. The zero-order valence-electron chi connectivity index (χ0n) is 13.0. The summed E-state index contributed by atoms with van der Waals surface area (Å²) in [5.41, 5.74) is 1.46. The third-order valence-electron chi connectivity index (χ3n) is 4.10. The molecular formula is C18H19FN2O2. The summed E-state index contributed by atoms with van der Waals surface area (Å²) in [7, 11) is 1.57. The molecule has 5 heteroatoms. The minimum absolute atomic E-state index is 0.0968. The molecule has 0 spiro atoms. The van der Waals surface area contributed by atoms with Crippen molar-refractivity contribution < 1.29 is 13.9 Å². The van der Waals surface area contributed by atoms with E-state index >= 15 is 0 Å². The van der Waals surface area contributed by atoms with Gasteiger partial charge in [-0.15, -0.1) is 0 Å². The Morgan fingerprint density at radius 1 is 1.26 bits per heavy atom. The number of methoxy groups -OCH3 is 1. The van der Waals surface area contributed by atoms with Crippen molar-refractivity contribution in [2.75, 3.05) is 19.0 Å². The van der Waals surface area contributed by atoms with Gasteiger partial charge in [0.1, 0.15) is 11.6 Å². The standard InChI is InChI=1S/C18H19FN2O2/c1-23-17-10-3-2-8-15(17)20-18(22)21-11-5-9-16(21)13-6-4-7-14(19)12-13/h2-4,6-8,10,12,16H,5,9,11H2,1H3,(H,20,22). The number of nitrogens with zero attached hydrogens (tertiary/aromatic N) is 1. The molecule has 1 fully saturated rings. The summed E-state index contributed by atoms with van der Waals surface area (Å²) < 4.78 is 18.7. The normalized spacial score (nSPS) is 17.1. The monoisotopic (exact) mass is 314 g/mol. The fourth-order valence-electron chi connectivity index (χ4n) is 3.01. The minimum atomic E-state index is -0.278. The largest absolute Gasteiger partial charge is 0.495 e. The van der Waals surface area contributed by atoms with Crippen LogP contribution in [0, 0.1) is 5.82 Å². The number of likely N-dealkylation sites (tertiary alicyclic amines) is 1. The Kier molecular flexibility index (Phi) is 4.46. The summed E-state index contributed by atoms with van der Waals surface area (Å²) in [5.74, 6) is 0.335. The van der Waals surface area contributed by atoms with Gasteiger partial charge in [-0.25, -0.2) is 9.18 Å². The highest BCUT2D eigenvalue weighted by Gasteiger charge is 2.30. The molecule has 0 aromatic heterocycles. The average molecular weight is 314 g/mol. The van der Waals surface area contributed by atoms with Crippen LogP contribution in [0.4, 0.5) is 14.9 Å². The number of nitrogens with one attached hydrogen (secondary N) is 1. The van der Waals surface area contributed by atoms with Crippen LogP contribution in [0.25, 0.3) is 0 Å². The molecule has 2 amide bonds. The minimum Gasteiger partial charge on any atom is -0.495 e. The Morgan fingerprint density at radius 2 is 2.09 bits per heavy atom. The topological polar surface area (TPSA) is 41.6 Å². The molecule has 0 saturated carbocycles. The maximum atomic E-state index is 13.5. The zero-order chi connectivity index (χ0) is 16.2. The lowest BCUT2D eigenvalue weighted by Gasteiger charge is -2.25. The first kappa shape index (κ1) is 15.3. The first-order valence-electron chi connectivity index (χ1n) is 7.65. The molecule has 1 unspecified atom stereocenters. The van der Waals surface area contributed by atoms with Gasteiger partial charge in [-0.1, -0.05) is 24.3 Å². The maximum absolute atomic E-state index is 13.5. The molecule has 2 aromatic rings. The van der Waals surface area contributed by atoms with E-state index in [0.29, 0.717) is 18.0 Å². The highest BCUT2D eigenvalue weighted by molar-refractivity contribution is 5.91. The number of para-hydroxylation sites is 2. The van der Waals surface area contributed by atoms with E-state index in [0.717, 1.165) is 18.4 Å². The molecule has 1 aliphatic rings. The number of anilines is 1. The second kappa shape index (κ2) is 6.69. The van der Waals surface area contributed by atoms with Crippen LogP contribution in [-0.2, 0) is 0 Å². The number of amides is 2. The smallest absolute Gasteiger partial charge is 0.322 e. The van der Waals surface area contributed by atoms with Crippen LogP contribution >= 0.6 is 0 Å². The van der Waals surface area contributed by atoms with Crippen molar-refractivity contribution in [3.63, 3.8) is 0 Å². The predicted octanol–water partition coefficient (Wildman–Crippen LogP) is 4.20. The lowest BCUT2D eigenvalue weighted by atomic mass is 10.0. The van der Waals surface area contributed by atoms with Crippen LogP contribution in [0.1, 0.15) is 24.4 Å². The molecule has 0 radical (unpaired) electrons. The number of urea groups is 1. The first-order valence-corrected chi connectivity index (χ1v) is 7.65. The number of rotatable bonds is 3. The first-order chi connectivity index (χ1) is 11.2. The lowest BCUT2D eigenvalue weighted by Crippen LogP contribution is -2.34. The number of carbonyl (C=O) groups is 1. The van der Waals surface area contributed by atoms with Gasteiger partial charge in [-0.05, 0) is 42.7 Å². The molecule has 1 heterocycles. The molecule has 1 aliphatic heterocycles. The number of halogens is 1. The molecule has 1 saturated heterocycles. The molecule has 4 nitrogen and oxygen atoms in total. The van der Waals surface area contributed by atoms with Gasteiger partial charge < -0.3 is 15.0 Å². The summed E-state index contributed by atoms with van der Waals surface area (Å²) in [4.78, 5) is 14.4. The fourth-order valence-corrected chi connectivity index (χ4v) is 3.01.